The summed E-state index contributed by atoms with van der Waals surface area (Å²) in [5, 5.41) is 31.9. The number of benzene rings is 1. The maximum Gasteiger partial charge on any atom is 0.163 e. The number of Topliss-reactive ketones (excluding diaryl/α,β-unsaturated/α-hetero) is 1. The van der Waals surface area contributed by atoms with Crippen molar-refractivity contribution in [3.63, 3.8) is 0 Å². The van der Waals surface area contributed by atoms with Crippen molar-refractivity contribution in [2.75, 3.05) is 0 Å². The second-order valence-electron chi connectivity index (χ2n) is 8.27. The molecule has 4 fully saturated rings. The number of aliphatic hydroxyl groups is 2. The number of nitrogens with zero attached hydrogens (tertiary/aromatic N) is 1. The molecule has 3 aliphatic carbocycles. The zero-order chi connectivity index (χ0) is 17.6. The third-order valence-corrected chi connectivity index (χ3v) is 7.31. The highest BCUT2D eigenvalue weighted by atomic mass is 19.1. The summed E-state index contributed by atoms with van der Waals surface area (Å²) < 4.78 is 14.0. The van der Waals surface area contributed by atoms with Gasteiger partial charge in [-0.25, -0.2) is 4.39 Å². The molecule has 1 heterocycles. The number of carbonyl (C=O) groups excluding carboxylic acids is 1. The predicted molar refractivity (Wildman–Crippen MR) is 86.4 cm³/mol. The van der Waals surface area contributed by atoms with Gasteiger partial charge < -0.3 is 15.3 Å². The molecule has 1 aliphatic heterocycles. The van der Waals surface area contributed by atoms with Gasteiger partial charge in [0.05, 0.1) is 17.8 Å². The summed E-state index contributed by atoms with van der Waals surface area (Å²) in [6.45, 7) is 1.53. The second-order valence-corrected chi connectivity index (χ2v) is 8.27. The van der Waals surface area contributed by atoms with Gasteiger partial charge in [0.2, 0.25) is 0 Å². The van der Waals surface area contributed by atoms with E-state index in [9.17, 15) is 24.5 Å². The predicted octanol–water partition coefficient (Wildman–Crippen LogP) is 1.29. The fraction of sp³-hybridized carbons (Fsp3) is 0.632. The second kappa shape index (κ2) is 5.02. The average Bonchev–Trinajstić information content (AvgIpc) is 3.12. The van der Waals surface area contributed by atoms with Gasteiger partial charge in [-0.3, -0.25) is 9.69 Å². The molecule has 1 saturated heterocycles. The zero-order valence-corrected chi connectivity index (χ0v) is 14.0. The third kappa shape index (κ3) is 1.90. The molecule has 6 heteroatoms. The Bertz CT molecular complexity index is 768. The molecule has 4 bridgehead atoms. The van der Waals surface area contributed by atoms with Gasteiger partial charge in [0, 0.05) is 24.2 Å². The SMILES string of the molecule is CC(=O)c1cc(F)cc(CN2[C@@H]3[C@H](O)[C@@H]4C[C@H]3[C@H]3[C@H](O)[C@@H]2C[C@H]43)c1O. The van der Waals surface area contributed by atoms with Crippen molar-refractivity contribution in [1.29, 1.82) is 0 Å². The molecule has 0 amide bonds. The highest BCUT2D eigenvalue weighted by Crippen LogP contribution is 2.64. The van der Waals surface area contributed by atoms with E-state index in [1.807, 2.05) is 0 Å². The summed E-state index contributed by atoms with van der Waals surface area (Å²) in [7, 11) is 0. The lowest BCUT2D eigenvalue weighted by molar-refractivity contribution is -0.102. The van der Waals surface area contributed by atoms with Crippen LogP contribution in [0.15, 0.2) is 12.1 Å². The topological polar surface area (TPSA) is 81.0 Å². The molecule has 8 atom stereocenters. The first-order chi connectivity index (χ1) is 11.9. The van der Waals surface area contributed by atoms with E-state index < -0.39 is 18.0 Å². The van der Waals surface area contributed by atoms with Crippen molar-refractivity contribution in [2.24, 2.45) is 23.7 Å². The third-order valence-electron chi connectivity index (χ3n) is 7.31. The number of phenols is 1. The molecule has 4 aliphatic rings. The number of phenolic OH excluding ortho intramolecular Hbond substituents is 1. The molecule has 3 saturated carbocycles. The van der Waals surface area contributed by atoms with Crippen molar-refractivity contribution in [3.05, 3.63) is 29.1 Å². The van der Waals surface area contributed by atoms with Crippen LogP contribution in [0.1, 0.15) is 35.7 Å². The van der Waals surface area contributed by atoms with E-state index in [2.05, 4.69) is 4.90 Å². The minimum absolute atomic E-state index is 0.0222. The smallest absolute Gasteiger partial charge is 0.163 e. The Labute approximate surface area is 145 Å². The molecule has 3 N–H and O–H groups in total. The fourth-order valence-corrected chi connectivity index (χ4v) is 6.49. The molecule has 5 nitrogen and oxygen atoms in total. The monoisotopic (exact) mass is 347 g/mol. The van der Waals surface area contributed by atoms with Crippen LogP contribution in [-0.4, -0.2) is 50.3 Å². The summed E-state index contributed by atoms with van der Waals surface area (Å²) in [4.78, 5) is 13.7. The van der Waals surface area contributed by atoms with E-state index in [4.69, 9.17) is 0 Å². The van der Waals surface area contributed by atoms with E-state index >= 15 is 0 Å². The Balaban J connectivity index is 1.54. The normalized spacial score (nSPS) is 44.0. The maximum atomic E-state index is 14.0. The Morgan fingerprint density at radius 3 is 2.68 bits per heavy atom. The molecule has 1 aromatic rings. The summed E-state index contributed by atoms with van der Waals surface area (Å²) in [6, 6.07) is 2.18. The van der Waals surface area contributed by atoms with Crippen LogP contribution in [-0.2, 0) is 6.54 Å². The lowest BCUT2D eigenvalue weighted by atomic mass is 9.75. The molecule has 134 valence electrons. The average molecular weight is 347 g/mol. The Morgan fingerprint density at radius 1 is 1.20 bits per heavy atom. The zero-order valence-electron chi connectivity index (χ0n) is 14.0. The standard InChI is InChI=1S/C19H22FNO4/c1-7(22)10-3-9(20)2-8(17(10)23)6-21-14-5-11-12-4-13(15(11)19(14)25)16(21)18(12)24/h2-3,11-16,18-19,23-25H,4-6H2,1H3/t11-,12-,13+,14+,15+,16+,18-,19-/m1/s1. The van der Waals surface area contributed by atoms with Crippen LogP contribution in [0, 0.1) is 29.5 Å². The highest BCUT2D eigenvalue weighted by Gasteiger charge is 2.69. The molecule has 0 radical (unpaired) electrons. The first-order valence-corrected chi connectivity index (χ1v) is 9.02. The van der Waals surface area contributed by atoms with Crippen molar-refractivity contribution in [3.8, 4) is 5.75 Å². The molecule has 0 aromatic heterocycles. The molecule has 25 heavy (non-hydrogen) atoms. The van der Waals surface area contributed by atoms with Crippen molar-refractivity contribution >= 4 is 5.78 Å². The van der Waals surface area contributed by atoms with E-state index in [1.165, 1.54) is 13.0 Å². The molecule has 0 unspecified atom stereocenters. The Morgan fingerprint density at radius 2 is 1.96 bits per heavy atom. The number of aliphatic hydroxyl groups excluding tert-OH is 2. The summed E-state index contributed by atoms with van der Waals surface area (Å²) in [5.41, 5.74) is 0.321. The number of ketones is 1. The highest BCUT2D eigenvalue weighted by molar-refractivity contribution is 5.97. The number of halogens is 1. The number of aromatic hydroxyl groups is 1. The van der Waals surface area contributed by atoms with Gasteiger partial charge in [-0.2, -0.15) is 0 Å². The lowest BCUT2D eigenvalue weighted by Crippen LogP contribution is -2.60. The molecule has 0 spiro atoms. The van der Waals surface area contributed by atoms with Crippen LogP contribution in [0.3, 0.4) is 0 Å². The van der Waals surface area contributed by atoms with Gasteiger partial charge in [0.25, 0.3) is 0 Å². The van der Waals surface area contributed by atoms with Crippen molar-refractivity contribution in [2.45, 2.75) is 50.6 Å². The first kappa shape index (κ1) is 15.7. The summed E-state index contributed by atoms with van der Waals surface area (Å²) in [6.07, 6.45) is 0.935. The molecular weight excluding hydrogens is 325 g/mol. The van der Waals surface area contributed by atoms with Crippen LogP contribution in [0.4, 0.5) is 4.39 Å². The first-order valence-electron chi connectivity index (χ1n) is 9.02. The molecular formula is C19H22FNO4. The number of piperidine rings is 1. The number of carbonyl (C=O) groups is 1. The van der Waals surface area contributed by atoms with Crippen LogP contribution < -0.4 is 0 Å². The van der Waals surface area contributed by atoms with E-state index in [1.54, 1.807) is 0 Å². The molecule has 5 rings (SSSR count). The maximum absolute atomic E-state index is 14.0. The van der Waals surface area contributed by atoms with Gasteiger partial charge in [0.15, 0.2) is 5.78 Å². The Kier molecular flexibility index (Phi) is 3.16. The van der Waals surface area contributed by atoms with Gasteiger partial charge in [-0.05, 0) is 55.6 Å². The number of rotatable bonds is 3. The van der Waals surface area contributed by atoms with E-state index in [0.717, 1.165) is 18.9 Å². The molecule has 1 aromatic carbocycles. The number of fused-ring (bicyclic) bond motifs is 3. The minimum atomic E-state index is -0.561. The van der Waals surface area contributed by atoms with Crippen molar-refractivity contribution < 1.29 is 24.5 Å². The quantitative estimate of drug-likeness (QED) is 0.718. The van der Waals surface area contributed by atoms with Gasteiger partial charge in [-0.1, -0.05) is 0 Å². The van der Waals surface area contributed by atoms with Crippen LogP contribution in [0.2, 0.25) is 0 Å². The van der Waals surface area contributed by atoms with Crippen LogP contribution in [0.5, 0.6) is 5.75 Å². The largest absolute Gasteiger partial charge is 0.507 e. The Hall–Kier alpha value is -1.50. The summed E-state index contributed by atoms with van der Waals surface area (Å²) in [5.74, 6) is 0.0129. The number of hydrogen-bond acceptors (Lipinski definition) is 5. The number of hydrogen-bond donors (Lipinski definition) is 3. The van der Waals surface area contributed by atoms with Gasteiger partial charge in [0.1, 0.15) is 11.6 Å². The lowest BCUT2D eigenvalue weighted by Gasteiger charge is -2.48. The number of likely N-dealkylation sites (tertiary alicyclic amines) is 1. The van der Waals surface area contributed by atoms with Gasteiger partial charge >= 0.3 is 0 Å². The van der Waals surface area contributed by atoms with Gasteiger partial charge in [-0.15, -0.1) is 0 Å². The fourth-order valence-electron chi connectivity index (χ4n) is 6.49. The summed E-state index contributed by atoms with van der Waals surface area (Å²) >= 11 is 0. The van der Waals surface area contributed by atoms with Crippen LogP contribution in [0.25, 0.3) is 0 Å². The van der Waals surface area contributed by atoms with E-state index in [-0.39, 0.29) is 53.5 Å². The van der Waals surface area contributed by atoms with E-state index in [0.29, 0.717) is 11.5 Å². The van der Waals surface area contributed by atoms with Crippen LogP contribution >= 0.6 is 0 Å². The van der Waals surface area contributed by atoms with Crippen molar-refractivity contribution in [1.82, 2.24) is 4.90 Å². The minimum Gasteiger partial charge on any atom is -0.507 e.